The Morgan fingerprint density at radius 3 is 2.02 bits per heavy atom. The Bertz CT molecular complexity index is 1970. The monoisotopic (exact) mass is 540 g/mol. The first kappa shape index (κ1) is 26.8. The van der Waals surface area contributed by atoms with Crippen molar-refractivity contribution < 1.29 is 9.47 Å². The second kappa shape index (κ2) is 10.7. The van der Waals surface area contributed by atoms with Crippen LogP contribution in [0.3, 0.4) is 0 Å². The van der Waals surface area contributed by atoms with Crippen molar-refractivity contribution in [3.63, 3.8) is 0 Å². The number of ether oxygens (including phenoxy) is 2. The van der Waals surface area contributed by atoms with E-state index in [1.54, 1.807) is 60.7 Å². The second-order valence-corrected chi connectivity index (χ2v) is 9.01. The van der Waals surface area contributed by atoms with E-state index in [2.05, 4.69) is 32.7 Å². The van der Waals surface area contributed by atoms with E-state index >= 15 is 0 Å². The molecule has 2 aliphatic carbocycles. The van der Waals surface area contributed by atoms with E-state index in [1.165, 1.54) is 14.2 Å². The maximum absolute atomic E-state index is 10.3. The Morgan fingerprint density at radius 2 is 1.43 bits per heavy atom. The normalized spacial score (nSPS) is 15.1. The average molecular weight is 541 g/mol. The lowest BCUT2D eigenvalue weighted by Gasteiger charge is -2.14. The molecule has 0 bridgehead atoms. The van der Waals surface area contributed by atoms with Crippen LogP contribution in [0.2, 0.25) is 0 Å². The van der Waals surface area contributed by atoms with Crippen molar-refractivity contribution in [1.82, 2.24) is 0 Å². The van der Waals surface area contributed by atoms with Crippen LogP contribution in [0.15, 0.2) is 72.3 Å². The zero-order chi connectivity index (χ0) is 30.0. The van der Waals surface area contributed by atoms with Gasteiger partial charge >= 0.3 is 5.88 Å². The maximum Gasteiger partial charge on any atom is 0.349 e. The van der Waals surface area contributed by atoms with Crippen LogP contribution >= 0.6 is 0 Å². The zero-order valence-corrected chi connectivity index (χ0v) is 22.3. The van der Waals surface area contributed by atoms with Crippen LogP contribution in [0.4, 0.5) is 5.69 Å². The number of nitriles is 3. The summed E-state index contributed by atoms with van der Waals surface area (Å²) in [4.78, 5) is 10.9. The summed E-state index contributed by atoms with van der Waals surface area (Å²) >= 11 is 0. The molecule has 0 saturated carbocycles. The Morgan fingerprint density at radius 1 is 0.714 bits per heavy atom. The lowest BCUT2D eigenvalue weighted by Crippen LogP contribution is -1.96. The molecule has 3 aromatic carbocycles. The van der Waals surface area contributed by atoms with Gasteiger partial charge in [0, 0.05) is 22.3 Å². The number of fused-ring (bicyclic) bond motifs is 2. The van der Waals surface area contributed by atoms with Crippen molar-refractivity contribution in [3.8, 4) is 18.2 Å². The SMILES string of the molecule is [C-]#[N+]C1=C(c2cccc(C3=C(C#N)c4cc([N+]#[C-])ccc4/C3=C(\[N+]#[C-])OC)c2)/C(=C(/C#N)OC)c2ccc(C#N)cc21. The van der Waals surface area contributed by atoms with Crippen molar-refractivity contribution in [2.45, 2.75) is 0 Å². The summed E-state index contributed by atoms with van der Waals surface area (Å²) in [6.07, 6.45) is 0. The third kappa shape index (κ3) is 3.95. The van der Waals surface area contributed by atoms with E-state index in [-0.39, 0.29) is 22.9 Å². The van der Waals surface area contributed by atoms with Gasteiger partial charge in [-0.1, -0.05) is 36.4 Å². The fourth-order valence-corrected chi connectivity index (χ4v) is 5.33. The minimum atomic E-state index is -0.0115. The van der Waals surface area contributed by atoms with Gasteiger partial charge in [-0.25, -0.2) is 9.69 Å². The fourth-order valence-electron chi connectivity index (χ4n) is 5.33. The molecule has 0 unspecified atom stereocenters. The molecule has 0 spiro atoms. The molecule has 0 N–H and O–H groups in total. The van der Waals surface area contributed by atoms with E-state index in [9.17, 15) is 15.8 Å². The van der Waals surface area contributed by atoms with Crippen molar-refractivity contribution >= 4 is 39.2 Å². The van der Waals surface area contributed by atoms with Gasteiger partial charge in [0.05, 0.1) is 51.1 Å². The highest BCUT2D eigenvalue weighted by molar-refractivity contribution is 6.26. The highest BCUT2D eigenvalue weighted by Gasteiger charge is 2.34. The molecule has 0 aromatic heterocycles. The number of nitrogens with zero attached hydrogens (tertiary/aromatic N) is 6. The number of benzene rings is 3. The molecule has 5 rings (SSSR count). The number of allylic oxidation sites excluding steroid dienone is 6. The summed E-state index contributed by atoms with van der Waals surface area (Å²) in [5, 5.41) is 29.7. The lowest BCUT2D eigenvalue weighted by molar-refractivity contribution is 0.308. The molecule has 8 nitrogen and oxygen atoms in total. The first-order valence-electron chi connectivity index (χ1n) is 12.3. The van der Waals surface area contributed by atoms with Gasteiger partial charge in [-0.15, -0.1) is 0 Å². The smallest absolute Gasteiger partial charge is 0.349 e. The van der Waals surface area contributed by atoms with Crippen molar-refractivity contribution in [2.75, 3.05) is 14.2 Å². The Kier molecular flexibility index (Phi) is 6.84. The summed E-state index contributed by atoms with van der Waals surface area (Å²) < 4.78 is 10.9. The molecule has 3 aromatic rings. The van der Waals surface area contributed by atoms with Gasteiger partial charge in [0.25, 0.3) is 0 Å². The van der Waals surface area contributed by atoms with E-state index in [1.807, 2.05) is 0 Å². The molecule has 0 heterocycles. The number of methoxy groups -OCH3 is 2. The lowest BCUT2D eigenvalue weighted by atomic mass is 9.91. The molecule has 0 atom stereocenters. The molecule has 0 radical (unpaired) electrons. The number of rotatable bonds is 4. The molecule has 2 aliphatic rings. The van der Waals surface area contributed by atoms with Crippen LogP contribution in [0.5, 0.6) is 0 Å². The van der Waals surface area contributed by atoms with Gasteiger partial charge in [0.15, 0.2) is 5.69 Å². The van der Waals surface area contributed by atoms with Crippen LogP contribution in [0, 0.1) is 53.7 Å². The summed E-state index contributed by atoms with van der Waals surface area (Å²) in [6, 6.07) is 23.4. The van der Waals surface area contributed by atoms with Crippen LogP contribution in [-0.2, 0) is 9.47 Å². The Balaban J connectivity index is 1.84. The molecule has 8 heteroatoms. The molecule has 0 amide bonds. The highest BCUT2D eigenvalue weighted by Crippen LogP contribution is 2.52. The van der Waals surface area contributed by atoms with Gasteiger partial charge in [-0.3, -0.25) is 0 Å². The van der Waals surface area contributed by atoms with Crippen molar-refractivity contribution in [1.29, 1.82) is 15.8 Å². The fraction of sp³-hybridized carbons (Fsp3) is 0.0588. The standard InChI is InChI=1S/C34H16N6O2/c1-38-22-10-12-23-25(15-22)27(17-36)29(32(23)34(40-3)42-5)20-7-6-8-21(14-20)30-31(28(18-37)41-4)24-11-9-19(16-35)13-26(24)33(30)39-2/h6-15H,4-5H3/b31-28-,34-32-. The Labute approximate surface area is 242 Å². The van der Waals surface area contributed by atoms with Crippen LogP contribution in [0.25, 0.3) is 48.1 Å². The molecule has 42 heavy (non-hydrogen) atoms. The largest absolute Gasteiger partial charge is 0.519 e. The van der Waals surface area contributed by atoms with Gasteiger partial charge in [-0.05, 0) is 57.6 Å². The van der Waals surface area contributed by atoms with Crippen molar-refractivity contribution in [3.05, 3.63) is 146 Å². The van der Waals surface area contributed by atoms with Crippen LogP contribution in [-0.4, -0.2) is 14.2 Å². The van der Waals surface area contributed by atoms with Crippen LogP contribution in [0.1, 0.15) is 38.9 Å². The molecular formula is C34H16N6O2. The van der Waals surface area contributed by atoms with E-state index in [0.717, 1.165) is 0 Å². The summed E-state index contributed by atoms with van der Waals surface area (Å²) in [7, 11) is 2.76. The minimum absolute atomic E-state index is 0.00662. The van der Waals surface area contributed by atoms with E-state index in [0.29, 0.717) is 66.9 Å². The quantitative estimate of drug-likeness (QED) is 0.194. The van der Waals surface area contributed by atoms with E-state index < -0.39 is 0 Å². The van der Waals surface area contributed by atoms with E-state index in [4.69, 9.17) is 29.2 Å². The highest BCUT2D eigenvalue weighted by atomic mass is 16.5. The van der Waals surface area contributed by atoms with Gasteiger partial charge < -0.3 is 9.47 Å². The van der Waals surface area contributed by atoms with Crippen molar-refractivity contribution in [2.24, 2.45) is 0 Å². The predicted octanol–water partition coefficient (Wildman–Crippen LogP) is 7.47. The topological polar surface area (TPSA) is 103 Å². The van der Waals surface area contributed by atoms with Gasteiger partial charge in [0.1, 0.15) is 12.1 Å². The molecule has 194 valence electrons. The molecule has 0 saturated heterocycles. The summed E-state index contributed by atoms with van der Waals surface area (Å²) in [5.41, 5.74) is 6.33. The minimum Gasteiger partial charge on any atom is -0.519 e. The van der Waals surface area contributed by atoms with Gasteiger partial charge in [0.2, 0.25) is 11.5 Å². The first-order chi connectivity index (χ1) is 20.5. The van der Waals surface area contributed by atoms with Crippen LogP contribution < -0.4 is 0 Å². The Hall–Kier alpha value is -6.84. The first-order valence-corrected chi connectivity index (χ1v) is 12.3. The summed E-state index contributed by atoms with van der Waals surface area (Å²) in [6.45, 7) is 23.2. The number of hydrogen-bond donors (Lipinski definition) is 0. The third-order valence-electron chi connectivity index (χ3n) is 7.04. The average Bonchev–Trinajstić information content (AvgIpc) is 3.54. The molecule has 0 fully saturated rings. The molecular weight excluding hydrogens is 524 g/mol. The molecule has 0 aliphatic heterocycles. The predicted molar refractivity (Wildman–Crippen MR) is 156 cm³/mol. The van der Waals surface area contributed by atoms with Gasteiger partial charge in [-0.2, -0.15) is 20.6 Å². The summed E-state index contributed by atoms with van der Waals surface area (Å²) in [5.74, 6) is -0.00490. The second-order valence-electron chi connectivity index (χ2n) is 9.01. The number of hydrogen-bond acceptors (Lipinski definition) is 5. The zero-order valence-electron chi connectivity index (χ0n) is 22.3. The maximum atomic E-state index is 10.3. The third-order valence-corrected chi connectivity index (χ3v) is 7.04.